The summed E-state index contributed by atoms with van der Waals surface area (Å²) in [5, 5.41) is 20.8. The van der Waals surface area contributed by atoms with Gasteiger partial charge in [0.05, 0.1) is 11.1 Å². The molecule has 2 aliphatic heterocycles. The van der Waals surface area contributed by atoms with Crippen molar-refractivity contribution < 1.29 is 23.1 Å². The van der Waals surface area contributed by atoms with Crippen LogP contribution in [0.25, 0.3) is 22.0 Å². The molecule has 0 spiro atoms. The Balaban J connectivity index is 1.23. The van der Waals surface area contributed by atoms with Crippen molar-refractivity contribution in [3.8, 4) is 11.1 Å². The standard InChI is InChI=1S/C38H39F2N7O3/c1-41-37(48)25-4-2-24(3-5-25)32-22-35-33(19-26(32)16-23-17-27(39)20-28(40)18-23)36(46-45-35)44-38(49)31-7-6-30(47-12-10-42-11-13-47)21-34(31)43-29-8-14-50-15-9-29/h2-7,17-22,29,42-43H,8-16H2,1H3,(H,41,48)(H2,44,45,46,49). The Morgan fingerprint density at radius 3 is 2.38 bits per heavy atom. The third-order valence-corrected chi connectivity index (χ3v) is 9.33. The molecule has 0 radical (unpaired) electrons. The number of piperazine rings is 1. The van der Waals surface area contributed by atoms with Gasteiger partial charge in [0.15, 0.2) is 5.82 Å². The molecule has 0 bridgehead atoms. The Morgan fingerprint density at radius 1 is 0.920 bits per heavy atom. The van der Waals surface area contributed by atoms with Gasteiger partial charge < -0.3 is 30.9 Å². The van der Waals surface area contributed by atoms with Crippen molar-refractivity contribution in [3.05, 3.63) is 107 Å². The van der Waals surface area contributed by atoms with E-state index in [4.69, 9.17) is 4.74 Å². The molecule has 0 saturated carbocycles. The lowest BCUT2D eigenvalue weighted by atomic mass is 9.92. The highest BCUT2D eigenvalue weighted by Gasteiger charge is 2.22. The van der Waals surface area contributed by atoms with Crippen LogP contribution < -0.4 is 26.2 Å². The molecule has 5 aromatic rings. The van der Waals surface area contributed by atoms with Crippen LogP contribution in [0.1, 0.15) is 44.7 Å². The van der Waals surface area contributed by atoms with Crippen LogP contribution in [0.2, 0.25) is 0 Å². The van der Waals surface area contributed by atoms with E-state index in [1.54, 1.807) is 19.2 Å². The maximum atomic E-state index is 14.2. The molecular weight excluding hydrogens is 640 g/mol. The summed E-state index contributed by atoms with van der Waals surface area (Å²) in [4.78, 5) is 28.5. The second-order valence-corrected chi connectivity index (χ2v) is 12.7. The number of anilines is 3. The summed E-state index contributed by atoms with van der Waals surface area (Å²) in [6.07, 6.45) is 1.90. The van der Waals surface area contributed by atoms with Gasteiger partial charge in [-0.15, -0.1) is 0 Å². The molecule has 4 aromatic carbocycles. The van der Waals surface area contributed by atoms with Crippen molar-refractivity contribution in [1.82, 2.24) is 20.8 Å². The van der Waals surface area contributed by atoms with Gasteiger partial charge in [0, 0.05) is 80.9 Å². The maximum absolute atomic E-state index is 14.2. The van der Waals surface area contributed by atoms with Gasteiger partial charge in [0.25, 0.3) is 11.8 Å². The van der Waals surface area contributed by atoms with E-state index >= 15 is 0 Å². The first-order chi connectivity index (χ1) is 24.3. The van der Waals surface area contributed by atoms with E-state index in [0.717, 1.165) is 73.2 Å². The molecule has 12 heteroatoms. The number of nitrogens with zero attached hydrogens (tertiary/aromatic N) is 2. The smallest absolute Gasteiger partial charge is 0.258 e. The fourth-order valence-electron chi connectivity index (χ4n) is 6.70. The molecule has 2 saturated heterocycles. The third kappa shape index (κ3) is 7.31. The van der Waals surface area contributed by atoms with E-state index in [-0.39, 0.29) is 24.3 Å². The summed E-state index contributed by atoms with van der Waals surface area (Å²) in [7, 11) is 1.57. The van der Waals surface area contributed by atoms with Gasteiger partial charge in [-0.1, -0.05) is 12.1 Å². The first kappa shape index (κ1) is 33.2. The normalized spacial score (nSPS) is 15.2. The van der Waals surface area contributed by atoms with E-state index in [1.807, 2.05) is 36.4 Å². The van der Waals surface area contributed by atoms with Crippen LogP contribution in [0, 0.1) is 11.6 Å². The Hall–Kier alpha value is -5.33. The van der Waals surface area contributed by atoms with Crippen molar-refractivity contribution in [3.63, 3.8) is 0 Å². The molecule has 0 aliphatic carbocycles. The summed E-state index contributed by atoms with van der Waals surface area (Å²) < 4.78 is 34.0. The number of ether oxygens (including phenoxy) is 1. The fraction of sp³-hybridized carbons (Fsp3) is 0.289. The number of amides is 2. The summed E-state index contributed by atoms with van der Waals surface area (Å²) in [5.74, 6) is -1.52. The fourth-order valence-corrected chi connectivity index (χ4v) is 6.70. The van der Waals surface area contributed by atoms with Crippen molar-refractivity contribution in [2.24, 2.45) is 0 Å². The number of hydrogen-bond acceptors (Lipinski definition) is 7. The topological polar surface area (TPSA) is 123 Å². The van der Waals surface area contributed by atoms with E-state index in [1.165, 1.54) is 12.1 Å². The minimum absolute atomic E-state index is 0.179. The predicted molar refractivity (Wildman–Crippen MR) is 191 cm³/mol. The third-order valence-electron chi connectivity index (χ3n) is 9.33. The van der Waals surface area contributed by atoms with Crippen molar-refractivity contribution in [2.45, 2.75) is 25.3 Å². The quantitative estimate of drug-likeness (QED) is 0.135. The molecule has 10 nitrogen and oxygen atoms in total. The largest absolute Gasteiger partial charge is 0.381 e. The monoisotopic (exact) mass is 679 g/mol. The molecule has 1 aromatic heterocycles. The molecule has 0 unspecified atom stereocenters. The number of carbonyl (C=O) groups excluding carboxylic acids is 2. The van der Waals surface area contributed by atoms with E-state index in [9.17, 15) is 18.4 Å². The Kier molecular flexibility index (Phi) is 9.72. The zero-order valence-corrected chi connectivity index (χ0v) is 27.7. The number of nitrogens with one attached hydrogen (secondary N) is 5. The molecule has 7 rings (SSSR count). The lowest BCUT2D eigenvalue weighted by Crippen LogP contribution is -2.43. The minimum atomic E-state index is -0.665. The Labute approximate surface area is 288 Å². The highest BCUT2D eigenvalue weighted by atomic mass is 19.1. The van der Waals surface area contributed by atoms with Crippen LogP contribution in [0.5, 0.6) is 0 Å². The van der Waals surface area contributed by atoms with Crippen molar-refractivity contribution >= 4 is 39.9 Å². The number of hydrogen-bond donors (Lipinski definition) is 5. The molecule has 0 atom stereocenters. The van der Waals surface area contributed by atoms with Crippen molar-refractivity contribution in [2.75, 3.05) is 62.0 Å². The van der Waals surface area contributed by atoms with E-state index < -0.39 is 11.6 Å². The summed E-state index contributed by atoms with van der Waals surface area (Å²) in [6, 6.07) is 20.4. The first-order valence-corrected chi connectivity index (χ1v) is 16.9. The number of aromatic nitrogens is 2. The van der Waals surface area contributed by atoms with Crippen LogP contribution in [0.4, 0.5) is 26.0 Å². The van der Waals surface area contributed by atoms with Gasteiger partial charge >= 0.3 is 0 Å². The number of H-pyrrole nitrogens is 1. The summed E-state index contributed by atoms with van der Waals surface area (Å²) >= 11 is 0. The molecule has 2 aliphatic rings. The summed E-state index contributed by atoms with van der Waals surface area (Å²) in [6.45, 7) is 4.90. The predicted octanol–water partition coefficient (Wildman–Crippen LogP) is 5.71. The highest BCUT2D eigenvalue weighted by Crippen LogP contribution is 2.34. The van der Waals surface area contributed by atoms with Crippen LogP contribution >= 0.6 is 0 Å². The second-order valence-electron chi connectivity index (χ2n) is 12.7. The van der Waals surface area contributed by atoms with Gasteiger partial charge in [-0.3, -0.25) is 14.7 Å². The SMILES string of the molecule is CNC(=O)c1ccc(-c2cc3[nH]nc(NC(=O)c4ccc(N5CCNCC5)cc4NC4CCOCC4)c3cc2Cc2cc(F)cc(F)c2)cc1. The number of rotatable bonds is 9. The second kappa shape index (κ2) is 14.7. The van der Waals surface area contributed by atoms with Crippen molar-refractivity contribution in [1.29, 1.82) is 0 Å². The molecule has 2 fully saturated rings. The number of aromatic amines is 1. The molecular formula is C38H39F2N7O3. The Morgan fingerprint density at radius 2 is 1.66 bits per heavy atom. The van der Waals surface area contributed by atoms with Gasteiger partial charge in [-0.2, -0.15) is 5.10 Å². The zero-order valence-electron chi connectivity index (χ0n) is 27.7. The Bertz CT molecular complexity index is 2000. The number of benzene rings is 4. The minimum Gasteiger partial charge on any atom is -0.381 e. The first-order valence-electron chi connectivity index (χ1n) is 16.9. The number of fused-ring (bicyclic) bond motifs is 1. The molecule has 2 amide bonds. The number of carbonyl (C=O) groups is 2. The average molecular weight is 680 g/mol. The van der Waals surface area contributed by atoms with E-state index in [2.05, 4.69) is 42.4 Å². The molecule has 3 heterocycles. The average Bonchev–Trinajstić information content (AvgIpc) is 3.52. The maximum Gasteiger partial charge on any atom is 0.258 e. The lowest BCUT2D eigenvalue weighted by molar-refractivity contribution is 0.0904. The van der Waals surface area contributed by atoms with Crippen LogP contribution in [-0.4, -0.2) is 74.5 Å². The molecule has 5 N–H and O–H groups in total. The van der Waals surface area contributed by atoms with Gasteiger partial charge in [0.2, 0.25) is 0 Å². The zero-order chi connectivity index (χ0) is 34.6. The van der Waals surface area contributed by atoms with Gasteiger partial charge in [-0.05, 0) is 96.1 Å². The lowest BCUT2D eigenvalue weighted by Gasteiger charge is -2.31. The van der Waals surface area contributed by atoms with Crippen LogP contribution in [0.3, 0.4) is 0 Å². The number of halogens is 2. The molecule has 50 heavy (non-hydrogen) atoms. The highest BCUT2D eigenvalue weighted by molar-refractivity contribution is 6.11. The van der Waals surface area contributed by atoms with Crippen LogP contribution in [-0.2, 0) is 11.2 Å². The molecule has 258 valence electrons. The van der Waals surface area contributed by atoms with Gasteiger partial charge in [-0.25, -0.2) is 8.78 Å². The van der Waals surface area contributed by atoms with Gasteiger partial charge in [0.1, 0.15) is 11.6 Å². The summed E-state index contributed by atoms with van der Waals surface area (Å²) in [5.41, 5.74) is 6.27. The van der Waals surface area contributed by atoms with E-state index in [0.29, 0.717) is 46.6 Å². The van der Waals surface area contributed by atoms with Crippen LogP contribution in [0.15, 0.2) is 72.8 Å².